The molecule has 2 atom stereocenters. The number of methoxy groups -OCH3 is 2. The van der Waals surface area contributed by atoms with Crippen LogP contribution in [0.1, 0.15) is 24.4 Å². The predicted molar refractivity (Wildman–Crippen MR) is 129 cm³/mol. The first kappa shape index (κ1) is 23.6. The molecule has 4 rings (SSSR count). The van der Waals surface area contributed by atoms with Crippen molar-refractivity contribution in [2.75, 3.05) is 24.4 Å². The van der Waals surface area contributed by atoms with Crippen LogP contribution in [0.5, 0.6) is 11.5 Å². The van der Waals surface area contributed by atoms with Gasteiger partial charge in [0, 0.05) is 17.8 Å². The number of hydrogen-bond donors (Lipinski definition) is 1. The fourth-order valence-corrected chi connectivity index (χ4v) is 4.39. The van der Waals surface area contributed by atoms with Crippen molar-refractivity contribution < 1.29 is 23.5 Å². The summed E-state index contributed by atoms with van der Waals surface area (Å²) in [5.41, 5.74) is 1.84. The molecular formula is C26H24ClFN2O4. The van der Waals surface area contributed by atoms with E-state index in [-0.39, 0.29) is 23.3 Å². The predicted octanol–water partition coefficient (Wildman–Crippen LogP) is 5.62. The minimum Gasteiger partial charge on any atom is -0.497 e. The Kier molecular flexibility index (Phi) is 7.03. The molecule has 8 heteroatoms. The number of amides is 2. The minimum atomic E-state index is -0.565. The number of carbonyl (C=O) groups is 2. The molecule has 0 radical (unpaired) electrons. The summed E-state index contributed by atoms with van der Waals surface area (Å²) in [5.74, 6) is -0.156. The molecule has 1 N–H and O–H groups in total. The van der Waals surface area contributed by atoms with Crippen LogP contribution in [0.15, 0.2) is 66.7 Å². The number of rotatable bonds is 6. The Bertz CT molecular complexity index is 1180. The van der Waals surface area contributed by atoms with Crippen LogP contribution >= 0.6 is 11.6 Å². The molecule has 0 bridgehead atoms. The summed E-state index contributed by atoms with van der Waals surface area (Å²) < 4.78 is 24.1. The standard InChI is InChI=1S/C26H24ClFN2O4/c1-33-19-8-3-16(4-9-19)25-21(26(32)29-17-5-13-23(28)22(27)15-17)12-14-24(31)30(25)18-6-10-20(34-2)11-7-18/h3-11,13,15,21,25H,12,14H2,1-2H3,(H,29,32)/t21-,25+/m0/s1. The van der Waals surface area contributed by atoms with Crippen LogP contribution in [-0.2, 0) is 9.59 Å². The molecule has 176 valence electrons. The SMILES string of the molecule is COc1ccc([C@@H]2[C@@H](C(=O)Nc3ccc(F)c(Cl)c3)CCC(=O)N2c2ccc(OC)cc2)cc1. The normalized spacial score (nSPS) is 17.9. The maximum Gasteiger partial charge on any atom is 0.229 e. The second-order valence-corrected chi connectivity index (χ2v) is 8.35. The minimum absolute atomic E-state index is 0.0804. The van der Waals surface area contributed by atoms with Gasteiger partial charge in [0.05, 0.1) is 31.2 Å². The molecule has 1 aliphatic heterocycles. The topological polar surface area (TPSA) is 67.9 Å². The van der Waals surface area contributed by atoms with Gasteiger partial charge in [-0.1, -0.05) is 23.7 Å². The fourth-order valence-electron chi connectivity index (χ4n) is 4.21. The van der Waals surface area contributed by atoms with Crippen LogP contribution in [0.2, 0.25) is 5.02 Å². The van der Waals surface area contributed by atoms with E-state index in [0.717, 1.165) is 5.56 Å². The molecule has 1 saturated heterocycles. The molecule has 0 aliphatic carbocycles. The molecule has 0 spiro atoms. The molecule has 3 aromatic rings. The third-order valence-corrected chi connectivity index (χ3v) is 6.22. The molecular weight excluding hydrogens is 459 g/mol. The second-order valence-electron chi connectivity index (χ2n) is 7.94. The molecule has 2 amide bonds. The van der Waals surface area contributed by atoms with Crippen molar-refractivity contribution in [1.29, 1.82) is 0 Å². The lowest BCUT2D eigenvalue weighted by Gasteiger charge is -2.41. The third-order valence-electron chi connectivity index (χ3n) is 5.93. The van der Waals surface area contributed by atoms with Crippen LogP contribution in [0.4, 0.5) is 15.8 Å². The number of carbonyl (C=O) groups excluding carboxylic acids is 2. The molecule has 0 saturated carbocycles. The first-order valence-electron chi connectivity index (χ1n) is 10.8. The summed E-state index contributed by atoms with van der Waals surface area (Å²) in [5, 5.41) is 2.75. The highest BCUT2D eigenvalue weighted by molar-refractivity contribution is 6.31. The van der Waals surface area contributed by atoms with E-state index in [1.165, 1.54) is 18.2 Å². The van der Waals surface area contributed by atoms with Crippen molar-refractivity contribution in [3.05, 3.63) is 83.1 Å². The van der Waals surface area contributed by atoms with Crippen molar-refractivity contribution in [3.8, 4) is 11.5 Å². The van der Waals surface area contributed by atoms with E-state index >= 15 is 0 Å². The number of halogens is 2. The number of benzene rings is 3. The summed E-state index contributed by atoms with van der Waals surface area (Å²) in [7, 11) is 3.15. The summed E-state index contributed by atoms with van der Waals surface area (Å²) >= 11 is 5.88. The van der Waals surface area contributed by atoms with E-state index < -0.39 is 17.8 Å². The summed E-state index contributed by atoms with van der Waals surface area (Å²) in [4.78, 5) is 28.2. The van der Waals surface area contributed by atoms with Crippen molar-refractivity contribution in [2.24, 2.45) is 5.92 Å². The van der Waals surface area contributed by atoms with Crippen LogP contribution in [0, 0.1) is 11.7 Å². The van der Waals surface area contributed by atoms with Gasteiger partial charge in [0.15, 0.2) is 0 Å². The smallest absolute Gasteiger partial charge is 0.229 e. The Morgan fingerprint density at radius 3 is 2.21 bits per heavy atom. The molecule has 1 fully saturated rings. The highest BCUT2D eigenvalue weighted by Gasteiger charge is 2.41. The molecule has 34 heavy (non-hydrogen) atoms. The highest BCUT2D eigenvalue weighted by Crippen LogP contribution is 2.41. The van der Waals surface area contributed by atoms with E-state index in [2.05, 4.69) is 5.32 Å². The second kappa shape index (κ2) is 10.1. The molecule has 1 heterocycles. The Morgan fingerprint density at radius 1 is 1.00 bits per heavy atom. The van der Waals surface area contributed by atoms with Gasteiger partial charge in [-0.2, -0.15) is 0 Å². The number of nitrogens with zero attached hydrogens (tertiary/aromatic N) is 1. The molecule has 3 aromatic carbocycles. The van der Waals surface area contributed by atoms with Crippen molar-refractivity contribution in [2.45, 2.75) is 18.9 Å². The van der Waals surface area contributed by atoms with E-state index in [4.69, 9.17) is 21.1 Å². The monoisotopic (exact) mass is 482 g/mol. The van der Waals surface area contributed by atoms with Gasteiger partial charge in [-0.25, -0.2) is 4.39 Å². The molecule has 0 aromatic heterocycles. The van der Waals surface area contributed by atoms with E-state index in [1.807, 2.05) is 12.1 Å². The average Bonchev–Trinajstić information content (AvgIpc) is 2.86. The highest BCUT2D eigenvalue weighted by atomic mass is 35.5. The van der Waals surface area contributed by atoms with Gasteiger partial charge in [-0.15, -0.1) is 0 Å². The van der Waals surface area contributed by atoms with Gasteiger partial charge in [0.25, 0.3) is 0 Å². The van der Waals surface area contributed by atoms with Gasteiger partial charge >= 0.3 is 0 Å². The van der Waals surface area contributed by atoms with Gasteiger partial charge in [0.1, 0.15) is 17.3 Å². The first-order chi connectivity index (χ1) is 16.4. The number of ether oxygens (including phenoxy) is 2. The zero-order chi connectivity index (χ0) is 24.2. The number of anilines is 2. The quantitative estimate of drug-likeness (QED) is 0.495. The summed E-state index contributed by atoms with van der Waals surface area (Å²) in [6.07, 6.45) is 0.573. The average molecular weight is 483 g/mol. The lowest BCUT2D eigenvalue weighted by atomic mass is 9.83. The Hall–Kier alpha value is -3.58. The Balaban J connectivity index is 1.72. The van der Waals surface area contributed by atoms with Gasteiger partial charge in [-0.3, -0.25) is 9.59 Å². The summed E-state index contributed by atoms with van der Waals surface area (Å²) in [6, 6.07) is 17.9. The molecule has 0 unspecified atom stereocenters. The Morgan fingerprint density at radius 2 is 1.62 bits per heavy atom. The maximum absolute atomic E-state index is 13.6. The number of piperidine rings is 1. The van der Waals surface area contributed by atoms with Gasteiger partial charge in [-0.05, 0) is 66.6 Å². The number of hydrogen-bond acceptors (Lipinski definition) is 4. The van der Waals surface area contributed by atoms with Crippen LogP contribution < -0.4 is 19.7 Å². The van der Waals surface area contributed by atoms with Gasteiger partial charge in [0.2, 0.25) is 11.8 Å². The molecule has 1 aliphatic rings. The third kappa shape index (κ3) is 4.84. The fraction of sp³-hybridized carbons (Fsp3) is 0.231. The lowest BCUT2D eigenvalue weighted by molar-refractivity contribution is -0.125. The Labute approximate surface area is 202 Å². The summed E-state index contributed by atoms with van der Waals surface area (Å²) in [6.45, 7) is 0. The van der Waals surface area contributed by atoms with Crippen LogP contribution in [-0.4, -0.2) is 26.0 Å². The van der Waals surface area contributed by atoms with E-state index in [1.54, 1.807) is 55.5 Å². The van der Waals surface area contributed by atoms with Crippen molar-refractivity contribution >= 4 is 34.8 Å². The van der Waals surface area contributed by atoms with Gasteiger partial charge < -0.3 is 19.7 Å². The number of nitrogens with one attached hydrogen (secondary N) is 1. The first-order valence-corrected chi connectivity index (χ1v) is 11.1. The van der Waals surface area contributed by atoms with E-state index in [9.17, 15) is 14.0 Å². The van der Waals surface area contributed by atoms with Crippen molar-refractivity contribution in [3.63, 3.8) is 0 Å². The van der Waals surface area contributed by atoms with Crippen molar-refractivity contribution in [1.82, 2.24) is 0 Å². The molecule has 6 nitrogen and oxygen atoms in total. The van der Waals surface area contributed by atoms with Crippen LogP contribution in [0.3, 0.4) is 0 Å². The zero-order valence-electron chi connectivity index (χ0n) is 18.8. The maximum atomic E-state index is 13.6. The van der Waals surface area contributed by atoms with E-state index in [0.29, 0.717) is 29.3 Å². The zero-order valence-corrected chi connectivity index (χ0v) is 19.5. The largest absolute Gasteiger partial charge is 0.497 e. The lowest BCUT2D eigenvalue weighted by Crippen LogP contribution is -2.46. The van der Waals surface area contributed by atoms with Crippen LogP contribution in [0.25, 0.3) is 0 Å².